The fourth-order valence-electron chi connectivity index (χ4n) is 2.93. The molecule has 0 amide bonds. The fourth-order valence-corrected chi connectivity index (χ4v) is 2.93. The second-order valence-corrected chi connectivity index (χ2v) is 5.36. The Morgan fingerprint density at radius 1 is 1.45 bits per heavy atom. The summed E-state index contributed by atoms with van der Waals surface area (Å²) in [6, 6.07) is 6.32. The van der Waals surface area contributed by atoms with Crippen molar-refractivity contribution >= 4 is 11.5 Å². The zero-order valence-electron chi connectivity index (χ0n) is 11.9. The number of amidine groups is 1. The lowest BCUT2D eigenvalue weighted by atomic mass is 9.97. The second-order valence-electron chi connectivity index (χ2n) is 5.36. The minimum absolute atomic E-state index is 0.136. The van der Waals surface area contributed by atoms with Crippen molar-refractivity contribution < 1.29 is 10.3 Å². The second kappa shape index (κ2) is 6.61. The summed E-state index contributed by atoms with van der Waals surface area (Å²) >= 11 is 0. The predicted octanol–water partition coefficient (Wildman–Crippen LogP) is 1.83. The number of anilines is 1. The van der Waals surface area contributed by atoms with Gasteiger partial charge in [-0.3, -0.25) is 0 Å². The van der Waals surface area contributed by atoms with Gasteiger partial charge in [0.1, 0.15) is 0 Å². The molecule has 2 rings (SSSR count). The number of aliphatic hydroxyl groups excluding tert-OH is 1. The third-order valence-corrected chi connectivity index (χ3v) is 3.93. The largest absolute Gasteiger partial charge is 0.409 e. The van der Waals surface area contributed by atoms with Crippen LogP contribution in [0.1, 0.15) is 36.8 Å². The van der Waals surface area contributed by atoms with Gasteiger partial charge in [0.15, 0.2) is 5.84 Å². The number of hydrogen-bond donors (Lipinski definition) is 3. The van der Waals surface area contributed by atoms with Crippen molar-refractivity contribution in [1.29, 1.82) is 0 Å². The molecule has 1 aromatic rings. The highest BCUT2D eigenvalue weighted by Crippen LogP contribution is 2.30. The molecule has 1 atom stereocenters. The van der Waals surface area contributed by atoms with E-state index >= 15 is 0 Å². The molecule has 1 fully saturated rings. The first-order chi connectivity index (χ1) is 9.67. The molecule has 5 nitrogen and oxygen atoms in total. The molecule has 20 heavy (non-hydrogen) atoms. The van der Waals surface area contributed by atoms with Crippen molar-refractivity contribution in [3.8, 4) is 0 Å². The summed E-state index contributed by atoms with van der Waals surface area (Å²) in [7, 11) is 0. The van der Waals surface area contributed by atoms with E-state index in [4.69, 9.17) is 10.9 Å². The number of oxime groups is 1. The highest BCUT2D eigenvalue weighted by Gasteiger charge is 2.24. The van der Waals surface area contributed by atoms with Crippen LogP contribution in [-0.2, 0) is 0 Å². The number of rotatable bonds is 4. The van der Waals surface area contributed by atoms with Gasteiger partial charge in [-0.2, -0.15) is 0 Å². The van der Waals surface area contributed by atoms with Crippen molar-refractivity contribution in [3.05, 3.63) is 29.3 Å². The third kappa shape index (κ3) is 3.04. The van der Waals surface area contributed by atoms with Crippen LogP contribution in [0.4, 0.5) is 5.69 Å². The number of benzene rings is 1. The topological polar surface area (TPSA) is 82.1 Å². The average Bonchev–Trinajstić information content (AvgIpc) is 2.47. The van der Waals surface area contributed by atoms with Gasteiger partial charge in [0, 0.05) is 30.4 Å². The number of piperidine rings is 1. The quantitative estimate of drug-likeness (QED) is 0.339. The molecular weight excluding hydrogens is 254 g/mol. The first-order valence-corrected chi connectivity index (χ1v) is 7.13. The lowest BCUT2D eigenvalue weighted by Crippen LogP contribution is -2.41. The Labute approximate surface area is 119 Å². The number of aryl methyl sites for hydroxylation is 1. The Morgan fingerprint density at radius 2 is 2.25 bits per heavy atom. The zero-order chi connectivity index (χ0) is 14.5. The molecule has 1 aromatic carbocycles. The molecule has 0 saturated carbocycles. The van der Waals surface area contributed by atoms with E-state index in [2.05, 4.69) is 10.1 Å². The van der Waals surface area contributed by atoms with Gasteiger partial charge in [0.25, 0.3) is 0 Å². The molecule has 0 bridgehead atoms. The number of nitrogens with zero attached hydrogens (tertiary/aromatic N) is 2. The van der Waals surface area contributed by atoms with Gasteiger partial charge in [-0.15, -0.1) is 0 Å². The first kappa shape index (κ1) is 14.7. The van der Waals surface area contributed by atoms with Crippen molar-refractivity contribution in [1.82, 2.24) is 0 Å². The van der Waals surface area contributed by atoms with Crippen molar-refractivity contribution in [2.75, 3.05) is 18.1 Å². The Hall–Kier alpha value is -1.75. The van der Waals surface area contributed by atoms with Gasteiger partial charge in [0.2, 0.25) is 0 Å². The highest BCUT2D eigenvalue weighted by molar-refractivity contribution is 6.02. The van der Waals surface area contributed by atoms with Gasteiger partial charge in [-0.1, -0.05) is 16.8 Å². The van der Waals surface area contributed by atoms with E-state index in [0.29, 0.717) is 6.04 Å². The van der Waals surface area contributed by atoms with Crippen LogP contribution < -0.4 is 10.6 Å². The van der Waals surface area contributed by atoms with Crippen LogP contribution in [0.3, 0.4) is 0 Å². The summed E-state index contributed by atoms with van der Waals surface area (Å²) in [6.07, 6.45) is 4.14. The van der Waals surface area contributed by atoms with E-state index in [-0.39, 0.29) is 12.4 Å². The van der Waals surface area contributed by atoms with Crippen LogP contribution in [0.25, 0.3) is 0 Å². The smallest absolute Gasteiger partial charge is 0.172 e. The summed E-state index contributed by atoms with van der Waals surface area (Å²) in [6.45, 7) is 3.12. The molecule has 1 saturated heterocycles. The summed E-state index contributed by atoms with van der Waals surface area (Å²) in [5.41, 5.74) is 8.64. The van der Waals surface area contributed by atoms with E-state index < -0.39 is 0 Å². The summed E-state index contributed by atoms with van der Waals surface area (Å²) in [4.78, 5) is 2.28. The van der Waals surface area contributed by atoms with Crippen LogP contribution in [0, 0.1) is 6.92 Å². The Kier molecular flexibility index (Phi) is 4.84. The minimum atomic E-state index is 0.136. The lowest BCUT2D eigenvalue weighted by Gasteiger charge is -2.38. The molecule has 0 spiro atoms. The molecule has 1 heterocycles. The van der Waals surface area contributed by atoms with Crippen LogP contribution in [0.2, 0.25) is 0 Å². The maximum absolute atomic E-state index is 9.24. The van der Waals surface area contributed by atoms with Gasteiger partial charge in [0.05, 0.1) is 0 Å². The molecule has 1 unspecified atom stereocenters. The number of hydrogen-bond acceptors (Lipinski definition) is 4. The lowest BCUT2D eigenvalue weighted by molar-refractivity contribution is 0.262. The maximum atomic E-state index is 9.24. The minimum Gasteiger partial charge on any atom is -0.409 e. The molecule has 0 radical (unpaired) electrons. The molecule has 0 aromatic heterocycles. The maximum Gasteiger partial charge on any atom is 0.172 e. The number of aliphatic hydroxyl groups is 1. The normalized spacial score (nSPS) is 20.2. The van der Waals surface area contributed by atoms with Crippen LogP contribution >= 0.6 is 0 Å². The standard InChI is InChI=1S/C15H23N3O2/c1-11-5-6-14(13(10-11)15(16)17-20)18-8-3-2-4-12(18)7-9-19/h5-6,10,12,19-20H,2-4,7-9H2,1H3,(H2,16,17). The summed E-state index contributed by atoms with van der Waals surface area (Å²) in [5.74, 6) is 0.136. The van der Waals surface area contributed by atoms with E-state index in [1.54, 1.807) is 0 Å². The number of nitrogens with two attached hydrogens (primary N) is 1. The first-order valence-electron chi connectivity index (χ1n) is 7.13. The zero-order valence-corrected chi connectivity index (χ0v) is 11.9. The van der Waals surface area contributed by atoms with Crippen molar-refractivity contribution in [3.63, 3.8) is 0 Å². The monoisotopic (exact) mass is 277 g/mol. The Bertz CT molecular complexity index is 486. The SMILES string of the molecule is Cc1ccc(N2CCCCC2CCO)c(/C(N)=N/O)c1. The highest BCUT2D eigenvalue weighted by atomic mass is 16.4. The van der Waals surface area contributed by atoms with E-state index in [1.165, 1.54) is 6.42 Å². The average molecular weight is 277 g/mol. The molecular formula is C15H23N3O2. The van der Waals surface area contributed by atoms with Crippen LogP contribution in [0.15, 0.2) is 23.4 Å². The molecule has 1 aliphatic heterocycles. The third-order valence-electron chi connectivity index (χ3n) is 3.93. The van der Waals surface area contributed by atoms with Crippen molar-refractivity contribution in [2.24, 2.45) is 10.9 Å². The van der Waals surface area contributed by atoms with Gasteiger partial charge < -0.3 is 20.9 Å². The molecule has 0 aliphatic carbocycles. The van der Waals surface area contributed by atoms with Crippen LogP contribution in [-0.4, -0.2) is 35.3 Å². The molecule has 5 heteroatoms. The molecule has 110 valence electrons. The van der Waals surface area contributed by atoms with Gasteiger partial charge in [-0.25, -0.2) is 0 Å². The Morgan fingerprint density at radius 3 is 2.95 bits per heavy atom. The van der Waals surface area contributed by atoms with E-state index in [0.717, 1.165) is 42.6 Å². The van der Waals surface area contributed by atoms with E-state index in [1.807, 2.05) is 25.1 Å². The molecule has 1 aliphatic rings. The fraction of sp³-hybridized carbons (Fsp3) is 0.533. The predicted molar refractivity (Wildman–Crippen MR) is 80.4 cm³/mol. The van der Waals surface area contributed by atoms with E-state index in [9.17, 15) is 5.11 Å². The van der Waals surface area contributed by atoms with Crippen LogP contribution in [0.5, 0.6) is 0 Å². The van der Waals surface area contributed by atoms with Gasteiger partial charge in [-0.05, 0) is 44.7 Å². The Balaban J connectivity index is 2.39. The van der Waals surface area contributed by atoms with Gasteiger partial charge >= 0.3 is 0 Å². The molecule has 4 N–H and O–H groups in total. The van der Waals surface area contributed by atoms with Crippen molar-refractivity contribution in [2.45, 2.75) is 38.6 Å². The summed E-state index contributed by atoms with van der Waals surface area (Å²) in [5, 5.41) is 21.4. The summed E-state index contributed by atoms with van der Waals surface area (Å²) < 4.78 is 0.